The van der Waals surface area contributed by atoms with E-state index in [-0.39, 0.29) is 5.12 Å². The molecule has 0 amide bonds. The van der Waals surface area contributed by atoms with Crippen LogP contribution in [0.3, 0.4) is 0 Å². The number of nitrogens with one attached hydrogen (secondary N) is 1. The second-order valence-electron chi connectivity index (χ2n) is 3.36. The van der Waals surface area contributed by atoms with Gasteiger partial charge in [0.05, 0.1) is 6.20 Å². The zero-order valence-electron chi connectivity index (χ0n) is 9.36. The Labute approximate surface area is 103 Å². The number of hydrogen-bond donors (Lipinski definition) is 1. The molecule has 1 N–H and O–H groups in total. The minimum atomic E-state index is 0.125. The predicted octanol–water partition coefficient (Wildman–Crippen LogP) is 1.98. The summed E-state index contributed by atoms with van der Waals surface area (Å²) in [4.78, 5) is 22.2. The van der Waals surface area contributed by atoms with Crippen molar-refractivity contribution in [2.75, 3.05) is 5.75 Å². The molecule has 0 atom stereocenters. The van der Waals surface area contributed by atoms with Crippen molar-refractivity contribution in [3.8, 4) is 11.8 Å². The average molecular weight is 245 g/mol. The number of fused-ring (bicyclic) bond motifs is 1. The third kappa shape index (κ3) is 3.33. The van der Waals surface area contributed by atoms with Crippen LogP contribution in [0.1, 0.15) is 19.0 Å². The number of carbonyl (C=O) groups excluding carboxylic acids is 1. The van der Waals surface area contributed by atoms with E-state index in [0.29, 0.717) is 12.1 Å². The predicted molar refractivity (Wildman–Crippen MR) is 68.5 cm³/mol. The fraction of sp³-hybridized carbons (Fsp3) is 0.250. The lowest BCUT2D eigenvalue weighted by molar-refractivity contribution is -0.109. The summed E-state index contributed by atoms with van der Waals surface area (Å²) < 4.78 is 0. The molecular weight excluding hydrogens is 234 g/mol. The van der Waals surface area contributed by atoms with Crippen molar-refractivity contribution < 1.29 is 4.79 Å². The maximum atomic E-state index is 10.7. The van der Waals surface area contributed by atoms with Crippen LogP contribution in [0, 0.1) is 11.8 Å². The van der Waals surface area contributed by atoms with Crippen LogP contribution in [0.2, 0.25) is 0 Å². The number of carbonyl (C=O) groups is 1. The highest BCUT2D eigenvalue weighted by Gasteiger charge is 1.97. The summed E-state index contributed by atoms with van der Waals surface area (Å²) in [6, 6.07) is 1.86. The summed E-state index contributed by atoms with van der Waals surface area (Å²) in [5.74, 6) is 6.64. The molecule has 0 spiro atoms. The average Bonchev–Trinajstić information content (AvgIpc) is 2.75. The Kier molecular flexibility index (Phi) is 3.78. The van der Waals surface area contributed by atoms with Gasteiger partial charge in [-0.3, -0.25) is 4.79 Å². The minimum Gasteiger partial charge on any atom is -0.345 e. The molecule has 0 aliphatic heterocycles. The first-order valence-corrected chi connectivity index (χ1v) is 6.16. The number of rotatable bonds is 2. The van der Waals surface area contributed by atoms with E-state index >= 15 is 0 Å². The number of aromatic nitrogens is 3. The fourth-order valence-corrected chi connectivity index (χ4v) is 1.78. The maximum absolute atomic E-state index is 10.7. The zero-order chi connectivity index (χ0) is 12.1. The topological polar surface area (TPSA) is 58.6 Å². The largest absolute Gasteiger partial charge is 0.345 e. The Morgan fingerprint density at radius 2 is 2.47 bits per heavy atom. The molecule has 0 radical (unpaired) electrons. The van der Waals surface area contributed by atoms with Crippen molar-refractivity contribution in [3.63, 3.8) is 0 Å². The molecule has 2 aromatic heterocycles. The molecule has 0 aliphatic rings. The normalized spacial score (nSPS) is 9.94. The van der Waals surface area contributed by atoms with Crippen LogP contribution < -0.4 is 0 Å². The summed E-state index contributed by atoms with van der Waals surface area (Å²) in [6.45, 7) is 1.56. The number of H-pyrrole nitrogens is 1. The second-order valence-corrected chi connectivity index (χ2v) is 4.63. The van der Waals surface area contributed by atoms with Gasteiger partial charge in [-0.15, -0.1) is 0 Å². The SMILES string of the molecule is CC(=O)SCCC#Cc1cnc2[nH]ccc2n1. The number of thioether (sulfide) groups is 1. The van der Waals surface area contributed by atoms with Crippen molar-refractivity contribution in [1.82, 2.24) is 15.0 Å². The first-order valence-electron chi connectivity index (χ1n) is 5.18. The molecule has 0 aliphatic carbocycles. The zero-order valence-corrected chi connectivity index (χ0v) is 10.2. The number of nitrogens with zero attached hydrogens (tertiary/aromatic N) is 2. The van der Waals surface area contributed by atoms with Gasteiger partial charge >= 0.3 is 0 Å². The molecule has 2 heterocycles. The first-order chi connectivity index (χ1) is 8.25. The maximum Gasteiger partial charge on any atom is 0.185 e. The van der Waals surface area contributed by atoms with Crippen LogP contribution in [0.4, 0.5) is 0 Å². The van der Waals surface area contributed by atoms with Gasteiger partial charge in [-0.05, 0) is 12.0 Å². The summed E-state index contributed by atoms with van der Waals surface area (Å²) in [5.41, 5.74) is 2.24. The van der Waals surface area contributed by atoms with Crippen LogP contribution in [-0.2, 0) is 4.79 Å². The van der Waals surface area contributed by atoms with E-state index in [1.165, 1.54) is 11.8 Å². The standard InChI is InChI=1S/C12H11N3OS/c1-9(16)17-7-3-2-4-10-8-14-12-11(15-10)5-6-13-12/h5-6,8H,3,7H2,1H3,(H,13,14). The van der Waals surface area contributed by atoms with E-state index in [4.69, 9.17) is 0 Å². The molecule has 86 valence electrons. The van der Waals surface area contributed by atoms with Crippen LogP contribution in [0.15, 0.2) is 18.5 Å². The van der Waals surface area contributed by atoms with Gasteiger partial charge in [-0.1, -0.05) is 17.7 Å². The number of aromatic amines is 1. The van der Waals surface area contributed by atoms with Crippen LogP contribution >= 0.6 is 11.8 Å². The summed E-state index contributed by atoms with van der Waals surface area (Å²) in [7, 11) is 0. The van der Waals surface area contributed by atoms with E-state index in [1.54, 1.807) is 19.3 Å². The van der Waals surface area contributed by atoms with Gasteiger partial charge in [0.1, 0.15) is 11.2 Å². The molecule has 0 unspecified atom stereocenters. The minimum absolute atomic E-state index is 0.125. The van der Waals surface area contributed by atoms with E-state index in [2.05, 4.69) is 26.8 Å². The van der Waals surface area contributed by atoms with Gasteiger partial charge in [0, 0.05) is 25.3 Å². The lowest BCUT2D eigenvalue weighted by Gasteiger charge is -1.91. The van der Waals surface area contributed by atoms with Crippen LogP contribution in [0.5, 0.6) is 0 Å². The van der Waals surface area contributed by atoms with E-state index in [1.807, 2.05) is 6.07 Å². The molecule has 0 bridgehead atoms. The summed E-state index contributed by atoms with van der Waals surface area (Å²) >= 11 is 1.29. The van der Waals surface area contributed by atoms with Crippen LogP contribution in [0.25, 0.3) is 11.2 Å². The van der Waals surface area contributed by atoms with Crippen LogP contribution in [-0.4, -0.2) is 25.8 Å². The molecular formula is C12H11N3OS. The lowest BCUT2D eigenvalue weighted by atomic mass is 10.4. The van der Waals surface area contributed by atoms with E-state index in [9.17, 15) is 4.79 Å². The molecule has 17 heavy (non-hydrogen) atoms. The van der Waals surface area contributed by atoms with Crippen molar-refractivity contribution in [2.45, 2.75) is 13.3 Å². The Morgan fingerprint density at radius 3 is 3.29 bits per heavy atom. The highest BCUT2D eigenvalue weighted by Crippen LogP contribution is 2.06. The lowest BCUT2D eigenvalue weighted by Crippen LogP contribution is -1.87. The molecule has 0 fully saturated rings. The van der Waals surface area contributed by atoms with Crippen molar-refractivity contribution in [1.29, 1.82) is 0 Å². The fourth-order valence-electron chi connectivity index (χ4n) is 1.29. The molecule has 0 saturated heterocycles. The van der Waals surface area contributed by atoms with Crippen molar-refractivity contribution >= 4 is 28.0 Å². The van der Waals surface area contributed by atoms with Crippen molar-refractivity contribution in [2.24, 2.45) is 0 Å². The molecule has 5 heteroatoms. The van der Waals surface area contributed by atoms with Gasteiger partial charge in [0.15, 0.2) is 10.8 Å². The van der Waals surface area contributed by atoms with Gasteiger partial charge in [0.2, 0.25) is 0 Å². The molecule has 0 aromatic carbocycles. The summed E-state index contributed by atoms with van der Waals surface area (Å²) in [6.07, 6.45) is 4.12. The molecule has 2 rings (SSSR count). The number of hydrogen-bond acceptors (Lipinski definition) is 4. The molecule has 2 aromatic rings. The molecule has 4 nitrogen and oxygen atoms in total. The smallest absolute Gasteiger partial charge is 0.185 e. The van der Waals surface area contributed by atoms with Gasteiger partial charge < -0.3 is 4.98 Å². The van der Waals surface area contributed by atoms with Gasteiger partial charge in [-0.2, -0.15) is 0 Å². The Bertz CT molecular complexity index is 594. The van der Waals surface area contributed by atoms with Gasteiger partial charge in [0.25, 0.3) is 0 Å². The van der Waals surface area contributed by atoms with Crippen molar-refractivity contribution in [3.05, 3.63) is 24.2 Å². The Morgan fingerprint density at radius 1 is 1.59 bits per heavy atom. The Hall–Kier alpha value is -1.80. The first kappa shape index (κ1) is 11.7. The third-order valence-corrected chi connectivity index (χ3v) is 2.82. The summed E-state index contributed by atoms with van der Waals surface area (Å²) in [5, 5.41) is 0.125. The van der Waals surface area contributed by atoms with E-state index in [0.717, 1.165) is 16.9 Å². The third-order valence-electron chi connectivity index (χ3n) is 2.01. The molecule has 0 saturated carbocycles. The van der Waals surface area contributed by atoms with Gasteiger partial charge in [-0.25, -0.2) is 9.97 Å². The highest BCUT2D eigenvalue weighted by atomic mass is 32.2. The monoisotopic (exact) mass is 245 g/mol. The van der Waals surface area contributed by atoms with E-state index < -0.39 is 0 Å². The second kappa shape index (κ2) is 5.51. The quantitative estimate of drug-likeness (QED) is 0.649. The Balaban J connectivity index is 1.98. The highest BCUT2D eigenvalue weighted by molar-refractivity contribution is 8.13.